The highest BCUT2D eigenvalue weighted by atomic mass is 32.2. The van der Waals surface area contributed by atoms with E-state index in [9.17, 15) is 13.2 Å². The standard InChI is InChI=1S/C23H30N2O4S/c1-2-18-8-12-21(13-9-18)29-17-16-23(26)24-19-10-14-22(15-11-19)30(27,28)25-20-6-4-3-5-7-20/h8-15,20,25H,2-7,16-17H2,1H3,(H,24,26). The van der Waals surface area contributed by atoms with Crippen LogP contribution in [0.4, 0.5) is 5.69 Å². The van der Waals surface area contributed by atoms with E-state index < -0.39 is 10.0 Å². The predicted octanol–water partition coefficient (Wildman–Crippen LogP) is 4.27. The molecule has 0 bridgehead atoms. The maximum absolute atomic E-state index is 12.5. The second-order valence-corrected chi connectivity index (χ2v) is 9.34. The zero-order chi connectivity index (χ0) is 21.4. The van der Waals surface area contributed by atoms with Crippen LogP contribution in [0.15, 0.2) is 53.4 Å². The summed E-state index contributed by atoms with van der Waals surface area (Å²) in [4.78, 5) is 12.3. The average Bonchev–Trinajstić information content (AvgIpc) is 2.75. The lowest BCUT2D eigenvalue weighted by Gasteiger charge is -2.22. The molecule has 0 heterocycles. The van der Waals surface area contributed by atoms with Gasteiger partial charge in [-0.1, -0.05) is 38.3 Å². The molecule has 1 saturated carbocycles. The number of aryl methyl sites for hydroxylation is 1. The molecule has 2 aromatic carbocycles. The summed E-state index contributed by atoms with van der Waals surface area (Å²) < 4.78 is 33.5. The second-order valence-electron chi connectivity index (χ2n) is 7.62. The molecule has 7 heteroatoms. The molecule has 1 aliphatic rings. The van der Waals surface area contributed by atoms with Crippen LogP contribution in [0.1, 0.15) is 51.0 Å². The minimum absolute atomic E-state index is 0.0151. The molecule has 1 amide bonds. The first-order chi connectivity index (χ1) is 14.5. The molecule has 0 aliphatic heterocycles. The summed E-state index contributed by atoms with van der Waals surface area (Å²) in [6, 6.07) is 14.1. The van der Waals surface area contributed by atoms with Crippen LogP contribution >= 0.6 is 0 Å². The fourth-order valence-electron chi connectivity index (χ4n) is 3.53. The van der Waals surface area contributed by atoms with E-state index in [0.29, 0.717) is 5.69 Å². The third-order valence-electron chi connectivity index (χ3n) is 5.30. The van der Waals surface area contributed by atoms with Crippen molar-refractivity contribution in [3.05, 3.63) is 54.1 Å². The van der Waals surface area contributed by atoms with Gasteiger partial charge >= 0.3 is 0 Å². The third kappa shape index (κ3) is 6.57. The van der Waals surface area contributed by atoms with E-state index in [1.54, 1.807) is 12.1 Å². The van der Waals surface area contributed by atoms with Gasteiger partial charge in [0, 0.05) is 11.7 Å². The lowest BCUT2D eigenvalue weighted by Crippen LogP contribution is -2.36. The number of ether oxygens (including phenoxy) is 1. The molecule has 0 atom stereocenters. The summed E-state index contributed by atoms with van der Waals surface area (Å²) in [5.41, 5.74) is 1.79. The molecule has 0 aromatic heterocycles. The van der Waals surface area contributed by atoms with Gasteiger partial charge < -0.3 is 10.1 Å². The molecule has 1 aliphatic carbocycles. The number of carbonyl (C=O) groups excluding carboxylic acids is 1. The third-order valence-corrected chi connectivity index (χ3v) is 6.84. The average molecular weight is 431 g/mol. The van der Waals surface area contributed by atoms with Crippen LogP contribution in [-0.2, 0) is 21.2 Å². The quantitative estimate of drug-likeness (QED) is 0.622. The highest BCUT2D eigenvalue weighted by molar-refractivity contribution is 7.89. The van der Waals surface area contributed by atoms with Crippen LogP contribution in [0.5, 0.6) is 5.75 Å². The zero-order valence-corrected chi connectivity index (χ0v) is 18.2. The van der Waals surface area contributed by atoms with Crippen molar-refractivity contribution in [1.82, 2.24) is 4.72 Å². The van der Waals surface area contributed by atoms with Crippen LogP contribution in [0, 0.1) is 0 Å². The molecule has 3 rings (SSSR count). The van der Waals surface area contributed by atoms with E-state index in [1.807, 2.05) is 24.3 Å². The molecule has 6 nitrogen and oxygen atoms in total. The minimum Gasteiger partial charge on any atom is -0.493 e. The van der Waals surface area contributed by atoms with Gasteiger partial charge in [0.15, 0.2) is 0 Å². The SMILES string of the molecule is CCc1ccc(OCCC(=O)Nc2ccc(S(=O)(=O)NC3CCCCC3)cc2)cc1. The Bertz CT molecular complexity index is 919. The van der Waals surface area contributed by atoms with Crippen molar-refractivity contribution < 1.29 is 17.9 Å². The van der Waals surface area contributed by atoms with E-state index in [1.165, 1.54) is 24.1 Å². The van der Waals surface area contributed by atoms with E-state index in [0.717, 1.165) is 37.9 Å². The Morgan fingerprint density at radius 1 is 1.00 bits per heavy atom. The van der Waals surface area contributed by atoms with E-state index in [4.69, 9.17) is 4.74 Å². The zero-order valence-electron chi connectivity index (χ0n) is 17.4. The number of nitrogens with one attached hydrogen (secondary N) is 2. The van der Waals surface area contributed by atoms with Gasteiger partial charge in [-0.15, -0.1) is 0 Å². The van der Waals surface area contributed by atoms with Gasteiger partial charge in [0.05, 0.1) is 17.9 Å². The van der Waals surface area contributed by atoms with Crippen molar-refractivity contribution in [2.24, 2.45) is 0 Å². The maximum Gasteiger partial charge on any atom is 0.240 e. The Morgan fingerprint density at radius 3 is 2.30 bits per heavy atom. The summed E-state index contributed by atoms with van der Waals surface area (Å²) in [6.07, 6.45) is 6.25. The number of carbonyl (C=O) groups is 1. The van der Waals surface area contributed by atoms with Gasteiger partial charge in [-0.05, 0) is 61.2 Å². The molecule has 2 N–H and O–H groups in total. The Morgan fingerprint density at radius 2 is 1.67 bits per heavy atom. The molecule has 162 valence electrons. The number of anilines is 1. The Kier molecular flexibility index (Phi) is 7.87. The normalized spacial score (nSPS) is 15.0. The summed E-state index contributed by atoms with van der Waals surface area (Å²) in [5, 5.41) is 2.77. The first kappa shape index (κ1) is 22.3. The number of sulfonamides is 1. The maximum atomic E-state index is 12.5. The first-order valence-electron chi connectivity index (χ1n) is 10.6. The van der Waals surface area contributed by atoms with Gasteiger partial charge in [-0.2, -0.15) is 0 Å². The summed E-state index contributed by atoms with van der Waals surface area (Å²) in [7, 11) is -3.54. The van der Waals surface area contributed by atoms with Crippen LogP contribution in [-0.4, -0.2) is 27.0 Å². The van der Waals surface area contributed by atoms with Crippen LogP contribution in [0.3, 0.4) is 0 Å². The molecular weight excluding hydrogens is 400 g/mol. The van der Waals surface area contributed by atoms with Gasteiger partial charge in [0.2, 0.25) is 15.9 Å². The second kappa shape index (κ2) is 10.6. The Hall–Kier alpha value is -2.38. The molecule has 2 aromatic rings. The van der Waals surface area contributed by atoms with E-state index in [-0.39, 0.29) is 29.9 Å². The molecule has 0 spiro atoms. The molecule has 30 heavy (non-hydrogen) atoms. The highest BCUT2D eigenvalue weighted by Gasteiger charge is 2.21. The number of hydrogen-bond acceptors (Lipinski definition) is 4. The van der Waals surface area contributed by atoms with Crippen molar-refractivity contribution >= 4 is 21.6 Å². The molecule has 0 saturated heterocycles. The largest absolute Gasteiger partial charge is 0.493 e. The smallest absolute Gasteiger partial charge is 0.240 e. The number of rotatable bonds is 9. The van der Waals surface area contributed by atoms with Crippen molar-refractivity contribution in [3.8, 4) is 5.75 Å². The first-order valence-corrected chi connectivity index (χ1v) is 12.1. The van der Waals surface area contributed by atoms with Crippen molar-refractivity contribution in [1.29, 1.82) is 0 Å². The molecule has 0 radical (unpaired) electrons. The van der Waals surface area contributed by atoms with Crippen LogP contribution in [0.2, 0.25) is 0 Å². The molecule has 1 fully saturated rings. The van der Waals surface area contributed by atoms with Crippen molar-refractivity contribution in [2.75, 3.05) is 11.9 Å². The number of amides is 1. The van der Waals surface area contributed by atoms with E-state index >= 15 is 0 Å². The van der Waals surface area contributed by atoms with Crippen LogP contribution < -0.4 is 14.8 Å². The fraction of sp³-hybridized carbons (Fsp3) is 0.435. The summed E-state index contributed by atoms with van der Waals surface area (Å²) >= 11 is 0. The van der Waals surface area contributed by atoms with Gasteiger partial charge in [-0.3, -0.25) is 4.79 Å². The monoisotopic (exact) mass is 430 g/mol. The summed E-state index contributed by atoms with van der Waals surface area (Å²) in [6.45, 7) is 2.37. The fourth-order valence-corrected chi connectivity index (χ4v) is 4.84. The van der Waals surface area contributed by atoms with Crippen LogP contribution in [0.25, 0.3) is 0 Å². The van der Waals surface area contributed by atoms with Crippen molar-refractivity contribution in [3.63, 3.8) is 0 Å². The van der Waals surface area contributed by atoms with Gasteiger partial charge in [0.1, 0.15) is 5.75 Å². The Balaban J connectivity index is 1.46. The lowest BCUT2D eigenvalue weighted by molar-refractivity contribution is -0.116. The highest BCUT2D eigenvalue weighted by Crippen LogP contribution is 2.21. The van der Waals surface area contributed by atoms with E-state index in [2.05, 4.69) is 17.0 Å². The lowest BCUT2D eigenvalue weighted by atomic mass is 9.96. The molecule has 0 unspecified atom stereocenters. The number of benzene rings is 2. The van der Waals surface area contributed by atoms with Gasteiger partial charge in [-0.25, -0.2) is 13.1 Å². The summed E-state index contributed by atoms with van der Waals surface area (Å²) in [5.74, 6) is 0.552. The van der Waals surface area contributed by atoms with Gasteiger partial charge in [0.25, 0.3) is 0 Å². The minimum atomic E-state index is -3.54. The topological polar surface area (TPSA) is 84.5 Å². The van der Waals surface area contributed by atoms with Crippen molar-refractivity contribution in [2.45, 2.75) is 62.8 Å². The molecular formula is C23H30N2O4S. The predicted molar refractivity (Wildman–Crippen MR) is 118 cm³/mol. The Labute approximate surface area is 179 Å². The number of hydrogen-bond donors (Lipinski definition) is 2.